The normalized spacial score (nSPS) is 21.4. The van der Waals surface area contributed by atoms with Crippen LogP contribution in [0.1, 0.15) is 81.4 Å². The number of alkyl halides is 8. The first-order chi connectivity index (χ1) is 16.9. The molecule has 1 radical (unpaired) electrons. The molecule has 4 rings (SSSR count). The molecular formula is C27H30F8P. The summed E-state index contributed by atoms with van der Waals surface area (Å²) in [5.41, 5.74) is -3.30. The minimum atomic E-state index is -4.96. The van der Waals surface area contributed by atoms with Gasteiger partial charge < -0.3 is 0 Å². The average molecular weight is 537 g/mol. The van der Waals surface area contributed by atoms with Crippen LogP contribution in [0.15, 0.2) is 42.5 Å². The lowest BCUT2D eigenvalue weighted by atomic mass is 10.1. The molecule has 0 amide bonds. The minimum absolute atomic E-state index is 0.00908. The second-order valence-corrected chi connectivity index (χ2v) is 11.7. The molecule has 3 unspecified atom stereocenters. The van der Waals surface area contributed by atoms with Crippen molar-refractivity contribution >= 4 is 18.5 Å². The third-order valence-corrected chi connectivity index (χ3v) is 9.75. The van der Waals surface area contributed by atoms with Crippen molar-refractivity contribution in [2.24, 2.45) is 5.92 Å². The Morgan fingerprint density at radius 2 is 1.31 bits per heavy atom. The Hall–Kier alpha value is -1.69. The number of halogens is 8. The smallest absolute Gasteiger partial charge is 0.205 e. The van der Waals surface area contributed by atoms with Crippen LogP contribution in [0.5, 0.6) is 0 Å². The van der Waals surface area contributed by atoms with E-state index in [1.807, 2.05) is 6.42 Å². The zero-order chi connectivity index (χ0) is 26.5. The lowest BCUT2D eigenvalue weighted by Gasteiger charge is -2.31. The molecule has 2 aromatic rings. The maximum Gasteiger partial charge on any atom is 0.416 e. The number of hydrogen-bond acceptors (Lipinski definition) is 0. The molecule has 0 heterocycles. The molecule has 0 bridgehead atoms. The van der Waals surface area contributed by atoms with Crippen LogP contribution < -0.4 is 10.6 Å². The van der Waals surface area contributed by atoms with E-state index in [9.17, 15) is 35.1 Å². The van der Waals surface area contributed by atoms with Crippen LogP contribution in [0, 0.1) is 12.3 Å². The van der Waals surface area contributed by atoms with Crippen molar-refractivity contribution in [3.8, 4) is 0 Å². The number of benzene rings is 2. The first-order valence-electron chi connectivity index (χ1n) is 12.2. The number of rotatable bonds is 5. The molecule has 0 N–H and O–H groups in total. The predicted octanol–water partition coefficient (Wildman–Crippen LogP) is 9.44. The fourth-order valence-corrected chi connectivity index (χ4v) is 8.28. The second kappa shape index (κ2) is 12.2. The van der Waals surface area contributed by atoms with Gasteiger partial charge in [-0.25, -0.2) is 8.78 Å². The standard InChI is InChI=1S/C22H20F8P.C5H10/c1-2-13-5-4-8-19(13)31(17-7-3-6-14(9-17)20(23)24)18-11-15(21(25,26)27)10-16(12-18)22(28,29)30;1-2-4-5-3-1/h2-3,6-7,9-13,19-20H,4-5,8H2,1H3;1-5H2. The van der Waals surface area contributed by atoms with E-state index < -0.39 is 37.8 Å². The van der Waals surface area contributed by atoms with E-state index >= 15 is 0 Å². The SMILES string of the molecule is C1CCCC1.C[CH]C1CCCC1P(c1cccc(C(F)F)c1)c1cc(C(F)(F)F)cc(C(F)(F)F)c1. The predicted molar refractivity (Wildman–Crippen MR) is 128 cm³/mol. The molecule has 2 aliphatic carbocycles. The van der Waals surface area contributed by atoms with Gasteiger partial charge in [0.1, 0.15) is 0 Å². The summed E-state index contributed by atoms with van der Waals surface area (Å²) in [4.78, 5) is 0. The zero-order valence-corrected chi connectivity index (χ0v) is 20.9. The molecule has 0 nitrogen and oxygen atoms in total. The van der Waals surface area contributed by atoms with Crippen LogP contribution in [-0.4, -0.2) is 5.66 Å². The first-order valence-corrected chi connectivity index (χ1v) is 13.6. The Morgan fingerprint density at radius 1 is 0.750 bits per heavy atom. The van der Waals surface area contributed by atoms with Crippen molar-refractivity contribution < 1.29 is 35.1 Å². The molecular weight excluding hydrogens is 507 g/mol. The van der Waals surface area contributed by atoms with Gasteiger partial charge in [-0.05, 0) is 73.6 Å². The second-order valence-electron chi connectivity index (χ2n) is 9.29. The van der Waals surface area contributed by atoms with Crippen molar-refractivity contribution in [1.29, 1.82) is 0 Å². The van der Waals surface area contributed by atoms with E-state index in [1.54, 1.807) is 6.92 Å². The summed E-state index contributed by atoms with van der Waals surface area (Å²) in [6.45, 7) is 1.80. The lowest BCUT2D eigenvalue weighted by molar-refractivity contribution is -0.142. The Kier molecular flexibility index (Phi) is 9.81. The van der Waals surface area contributed by atoms with Gasteiger partial charge >= 0.3 is 12.4 Å². The van der Waals surface area contributed by atoms with Crippen molar-refractivity contribution in [1.82, 2.24) is 0 Å². The van der Waals surface area contributed by atoms with Crippen molar-refractivity contribution in [2.75, 3.05) is 0 Å². The topological polar surface area (TPSA) is 0 Å². The monoisotopic (exact) mass is 537 g/mol. The highest BCUT2D eigenvalue weighted by Gasteiger charge is 2.40. The maximum absolute atomic E-state index is 13.4. The van der Waals surface area contributed by atoms with E-state index in [-0.39, 0.29) is 28.5 Å². The molecule has 2 aromatic carbocycles. The highest BCUT2D eigenvalue weighted by Crippen LogP contribution is 2.52. The molecule has 2 saturated carbocycles. The highest BCUT2D eigenvalue weighted by molar-refractivity contribution is 7.73. The van der Waals surface area contributed by atoms with Gasteiger partial charge in [0, 0.05) is 5.56 Å². The Balaban J connectivity index is 0.000000642. The molecule has 0 spiro atoms. The molecule has 36 heavy (non-hydrogen) atoms. The van der Waals surface area contributed by atoms with Crippen LogP contribution in [0.25, 0.3) is 0 Å². The Labute approximate surface area is 208 Å². The fraction of sp³-hybridized carbons (Fsp3) is 0.519. The Bertz CT molecular complexity index is 939. The zero-order valence-electron chi connectivity index (χ0n) is 20.0. The maximum atomic E-state index is 13.4. The van der Waals surface area contributed by atoms with Gasteiger partial charge in [0.15, 0.2) is 0 Å². The third kappa shape index (κ3) is 7.43. The van der Waals surface area contributed by atoms with Gasteiger partial charge in [-0.15, -0.1) is 0 Å². The van der Waals surface area contributed by atoms with Crippen molar-refractivity contribution in [2.45, 2.75) is 82.7 Å². The van der Waals surface area contributed by atoms with E-state index in [1.165, 1.54) is 56.4 Å². The average Bonchev–Trinajstić information content (AvgIpc) is 3.54. The van der Waals surface area contributed by atoms with Gasteiger partial charge in [-0.2, -0.15) is 26.3 Å². The largest absolute Gasteiger partial charge is 0.416 e. The highest BCUT2D eigenvalue weighted by atomic mass is 31.1. The van der Waals surface area contributed by atoms with Crippen LogP contribution >= 0.6 is 7.92 Å². The molecule has 199 valence electrons. The summed E-state index contributed by atoms with van der Waals surface area (Å²) < 4.78 is 107. The first kappa shape index (κ1) is 28.9. The minimum Gasteiger partial charge on any atom is -0.205 e. The fourth-order valence-electron chi connectivity index (χ4n) is 4.98. The molecule has 0 aromatic heterocycles. The summed E-state index contributed by atoms with van der Waals surface area (Å²) in [7, 11) is -1.73. The van der Waals surface area contributed by atoms with Gasteiger partial charge in [0.05, 0.1) is 11.1 Å². The van der Waals surface area contributed by atoms with E-state index in [0.29, 0.717) is 11.7 Å². The van der Waals surface area contributed by atoms with Crippen LogP contribution in [-0.2, 0) is 12.4 Å². The summed E-state index contributed by atoms with van der Waals surface area (Å²) in [6, 6.07) is 6.93. The van der Waals surface area contributed by atoms with Crippen LogP contribution in [0.3, 0.4) is 0 Å². The molecule has 2 fully saturated rings. The molecule has 9 heteroatoms. The summed E-state index contributed by atoms with van der Waals surface area (Å²) in [5.74, 6) is -0.00908. The summed E-state index contributed by atoms with van der Waals surface area (Å²) in [6.07, 6.45) is -1.17. The lowest BCUT2D eigenvalue weighted by Crippen LogP contribution is -2.27. The van der Waals surface area contributed by atoms with Crippen LogP contribution in [0.4, 0.5) is 35.1 Å². The van der Waals surface area contributed by atoms with Crippen molar-refractivity contribution in [3.05, 3.63) is 65.6 Å². The quantitative estimate of drug-likeness (QED) is 0.263. The number of hydrogen-bond donors (Lipinski definition) is 0. The summed E-state index contributed by atoms with van der Waals surface area (Å²) >= 11 is 0. The summed E-state index contributed by atoms with van der Waals surface area (Å²) in [5, 5.41) is 0.265. The molecule has 2 aliphatic rings. The van der Waals surface area contributed by atoms with Crippen molar-refractivity contribution in [3.63, 3.8) is 0 Å². The van der Waals surface area contributed by atoms with Gasteiger partial charge in [-0.1, -0.05) is 63.6 Å². The van der Waals surface area contributed by atoms with E-state index in [4.69, 9.17) is 0 Å². The molecule has 3 atom stereocenters. The molecule has 0 saturated heterocycles. The van der Waals surface area contributed by atoms with E-state index in [2.05, 4.69) is 0 Å². The third-order valence-electron chi connectivity index (χ3n) is 6.79. The molecule has 0 aliphatic heterocycles. The van der Waals surface area contributed by atoms with Gasteiger partial charge in [0.2, 0.25) is 0 Å². The Morgan fingerprint density at radius 3 is 1.78 bits per heavy atom. The van der Waals surface area contributed by atoms with Gasteiger partial charge in [0.25, 0.3) is 6.43 Å². The van der Waals surface area contributed by atoms with E-state index in [0.717, 1.165) is 25.0 Å². The van der Waals surface area contributed by atoms with Crippen LogP contribution in [0.2, 0.25) is 0 Å². The van der Waals surface area contributed by atoms with Gasteiger partial charge in [-0.3, -0.25) is 0 Å².